The van der Waals surface area contributed by atoms with Crippen molar-refractivity contribution in [1.82, 2.24) is 0 Å². The Morgan fingerprint density at radius 1 is 0.800 bits per heavy atom. The summed E-state index contributed by atoms with van der Waals surface area (Å²) < 4.78 is 0. The van der Waals surface area contributed by atoms with Gasteiger partial charge in [0.25, 0.3) is 0 Å². The summed E-state index contributed by atoms with van der Waals surface area (Å²) in [5, 5.41) is 0. The van der Waals surface area contributed by atoms with Crippen LogP contribution in [0, 0.1) is 0 Å². The maximum atomic E-state index is 2.91. The summed E-state index contributed by atoms with van der Waals surface area (Å²) in [6.45, 7) is 0. The van der Waals surface area contributed by atoms with Gasteiger partial charge in [0.2, 0.25) is 0 Å². The normalized spacial score (nSPS) is 1.20. The molecule has 0 rings (SSSR count). The predicted molar refractivity (Wildman–Crippen MR) is 22.9 cm³/mol. The Balaban J connectivity index is -0.00000000167. The quantitative estimate of drug-likeness (QED) is 0.331. The van der Waals surface area contributed by atoms with Crippen molar-refractivity contribution in [3.63, 3.8) is 0 Å². The van der Waals surface area contributed by atoms with Crippen molar-refractivity contribution in [2.45, 2.75) is 0 Å². The first-order chi connectivity index (χ1) is 1.00. The van der Waals surface area contributed by atoms with E-state index >= 15 is 0 Å². The van der Waals surface area contributed by atoms with E-state index in [-0.39, 0.29) is 67.1 Å². The molecule has 0 saturated carbocycles. The predicted octanol–water partition coefficient (Wildman–Crippen LogP) is 1.72. The van der Waals surface area contributed by atoms with Crippen molar-refractivity contribution in [3.8, 4) is 0 Å². The van der Waals surface area contributed by atoms with Crippen molar-refractivity contribution in [1.29, 1.82) is 0 Å². The number of hydrogen-bond donors (Lipinski definition) is 0. The van der Waals surface area contributed by atoms with Crippen molar-refractivity contribution in [2.24, 2.45) is 0 Å². The van der Waals surface area contributed by atoms with Gasteiger partial charge >= 0.3 is 0 Å². The molecule has 0 spiro atoms. The SMILES string of the molecule is BrI.[Ag].[Ag].[Ag]. The molecule has 0 heterocycles. The molecule has 0 aliphatic rings. The fourth-order valence-electron chi connectivity index (χ4n) is 0. The summed E-state index contributed by atoms with van der Waals surface area (Å²) in [5.74, 6) is 0. The van der Waals surface area contributed by atoms with Gasteiger partial charge in [0.15, 0.2) is 0 Å². The van der Waals surface area contributed by atoms with E-state index in [1.807, 2.05) is 20.4 Å². The van der Waals surface area contributed by atoms with E-state index in [2.05, 4.69) is 12.7 Å². The fraction of sp³-hybridized carbons (Fsp3) is 0. The summed E-state index contributed by atoms with van der Waals surface area (Å²) in [7, 11) is 0. The molecule has 0 saturated heterocycles. The van der Waals surface area contributed by atoms with Gasteiger partial charge in [-0.25, -0.2) is 0 Å². The third-order valence-electron chi connectivity index (χ3n) is 0. The molecule has 0 atom stereocenters. The first kappa shape index (κ1) is 23.7. The van der Waals surface area contributed by atoms with Crippen LogP contribution in [0.1, 0.15) is 0 Å². The molecule has 0 fully saturated rings. The van der Waals surface area contributed by atoms with Crippen LogP contribution < -0.4 is 0 Å². The van der Waals surface area contributed by atoms with Crippen LogP contribution in [0.3, 0.4) is 0 Å². The van der Waals surface area contributed by atoms with E-state index in [1.54, 1.807) is 0 Å². The minimum absolute atomic E-state index is 0. The van der Waals surface area contributed by atoms with E-state index in [9.17, 15) is 0 Å². The molecule has 47 valence electrons. The average Bonchev–Trinajstić information content (AvgIpc) is 1.00. The minimum Gasteiger partial charge on any atom is -0.00711 e. The average molecular weight is 530 g/mol. The number of hydrogen-bond acceptors (Lipinski definition) is 0. The van der Waals surface area contributed by atoms with Crippen LogP contribution in [-0.4, -0.2) is 0 Å². The maximum Gasteiger partial charge on any atom is 0.00711 e. The van der Waals surface area contributed by atoms with Gasteiger partial charge in [-0.1, -0.05) is 0 Å². The molecule has 0 aliphatic heterocycles. The van der Waals surface area contributed by atoms with E-state index in [1.165, 1.54) is 0 Å². The first-order valence-corrected chi connectivity index (χ1v) is 4.98. The Morgan fingerprint density at radius 3 is 0.800 bits per heavy atom. The molecule has 0 aromatic carbocycles. The van der Waals surface area contributed by atoms with Gasteiger partial charge in [-0.2, -0.15) is 0 Å². The maximum absolute atomic E-state index is 2.91. The molecule has 0 aromatic heterocycles. The third-order valence-corrected chi connectivity index (χ3v) is 0. The third kappa shape index (κ3) is 18.6. The van der Waals surface area contributed by atoms with Gasteiger partial charge in [-0.05, 0) is 12.7 Å². The van der Waals surface area contributed by atoms with Crippen LogP contribution in [0.5, 0.6) is 0 Å². The van der Waals surface area contributed by atoms with E-state index in [4.69, 9.17) is 0 Å². The zero-order chi connectivity index (χ0) is 2.00. The molecule has 0 amide bonds. The summed E-state index contributed by atoms with van der Waals surface area (Å²) in [5.41, 5.74) is 0. The Bertz CT molecular complexity index is 6.85. The molecule has 0 N–H and O–H groups in total. The molecular weight excluding hydrogens is 530 g/mol. The van der Waals surface area contributed by atoms with E-state index < -0.39 is 0 Å². The number of rotatable bonds is 0. The van der Waals surface area contributed by atoms with Crippen molar-refractivity contribution < 1.29 is 67.1 Å². The Labute approximate surface area is 98.0 Å². The zero-order valence-electron chi connectivity index (χ0n) is 1.66. The molecule has 5 heteroatoms. The molecule has 0 nitrogen and oxygen atoms in total. The zero-order valence-corrected chi connectivity index (χ0v) is 9.85. The van der Waals surface area contributed by atoms with Crippen LogP contribution in [0.15, 0.2) is 0 Å². The van der Waals surface area contributed by atoms with Crippen LogP contribution in [0.4, 0.5) is 0 Å². The molecule has 0 bridgehead atoms. The van der Waals surface area contributed by atoms with Gasteiger partial charge in [-0.15, -0.1) is 0 Å². The van der Waals surface area contributed by atoms with Crippen LogP contribution >= 0.6 is 33.1 Å². The monoisotopic (exact) mass is 527 g/mol. The van der Waals surface area contributed by atoms with Gasteiger partial charge in [0.05, 0.1) is 0 Å². The molecular formula is Ag3BrI. The molecule has 3 radical (unpaired) electrons. The van der Waals surface area contributed by atoms with E-state index in [0.717, 1.165) is 0 Å². The van der Waals surface area contributed by atoms with Crippen molar-refractivity contribution >= 4 is 33.1 Å². The summed E-state index contributed by atoms with van der Waals surface area (Å²) in [4.78, 5) is 0. The van der Waals surface area contributed by atoms with Crippen LogP contribution in [-0.2, 0) is 67.1 Å². The summed E-state index contributed by atoms with van der Waals surface area (Å²) >= 11 is 4.87. The summed E-state index contributed by atoms with van der Waals surface area (Å²) in [6, 6.07) is 0. The standard InChI is InChI=1S/3Ag.BrI/c;;;1-2. The van der Waals surface area contributed by atoms with Gasteiger partial charge in [0, 0.05) is 87.5 Å². The molecule has 0 aromatic rings. The Morgan fingerprint density at radius 2 is 0.800 bits per heavy atom. The molecule has 0 unspecified atom stereocenters. The van der Waals surface area contributed by atoms with Gasteiger partial charge in [0.1, 0.15) is 0 Å². The number of halogens is 2. The molecule has 5 heavy (non-hydrogen) atoms. The largest absolute Gasteiger partial charge is 0.00711 e. The Kier molecular flexibility index (Phi) is 124. The van der Waals surface area contributed by atoms with Crippen LogP contribution in [0.25, 0.3) is 0 Å². The smallest absolute Gasteiger partial charge is 0.00711 e. The van der Waals surface area contributed by atoms with Crippen LogP contribution in [0.2, 0.25) is 0 Å². The topological polar surface area (TPSA) is 0 Å². The minimum atomic E-state index is 0. The van der Waals surface area contributed by atoms with Crippen molar-refractivity contribution in [2.75, 3.05) is 0 Å². The second-order valence-corrected chi connectivity index (χ2v) is 0. The summed E-state index contributed by atoms with van der Waals surface area (Å²) in [6.07, 6.45) is 0. The fourth-order valence-corrected chi connectivity index (χ4v) is 0. The molecule has 0 aliphatic carbocycles. The second-order valence-electron chi connectivity index (χ2n) is 0. The van der Waals surface area contributed by atoms with Gasteiger partial charge in [-0.3, -0.25) is 0 Å². The van der Waals surface area contributed by atoms with Gasteiger partial charge < -0.3 is 0 Å². The van der Waals surface area contributed by atoms with E-state index in [0.29, 0.717) is 0 Å². The second kappa shape index (κ2) is 26.1. The Hall–Kier alpha value is 3.43. The first-order valence-electron chi connectivity index (χ1n) is 0.143. The van der Waals surface area contributed by atoms with Crippen molar-refractivity contribution in [3.05, 3.63) is 0 Å².